The molecule has 0 heterocycles. The van der Waals surface area contributed by atoms with Gasteiger partial charge in [0.05, 0.1) is 18.9 Å². The van der Waals surface area contributed by atoms with Crippen LogP contribution in [0.4, 0.5) is 0 Å². The van der Waals surface area contributed by atoms with Crippen molar-refractivity contribution in [3.63, 3.8) is 0 Å². The molecule has 0 saturated carbocycles. The number of hydrogen-bond donors (Lipinski definition) is 1. The molecule has 3 aromatic rings. The van der Waals surface area contributed by atoms with Crippen LogP contribution in [-0.4, -0.2) is 18.8 Å². The Morgan fingerprint density at radius 1 is 1.08 bits per heavy atom. The Bertz CT molecular complexity index is 923. The average molecular weight is 365 g/mol. The molecule has 134 valence electrons. The number of carbonyl (C=O) groups is 1. The van der Waals surface area contributed by atoms with Gasteiger partial charge in [0.1, 0.15) is 5.75 Å². The van der Waals surface area contributed by atoms with Crippen molar-refractivity contribution in [1.82, 2.24) is 5.32 Å². The standard InChI is InChI=1S/C22H23NO2S/c1-15-8-11-21(25-3)20(12-15)16(2)23-22(24)14-26-19-10-9-17-6-4-5-7-18(17)13-19/h4-13,16H,14H2,1-3H3,(H,23,24). The van der Waals surface area contributed by atoms with Crippen molar-refractivity contribution in [2.45, 2.75) is 24.8 Å². The van der Waals surface area contributed by atoms with Crippen LogP contribution in [0.15, 0.2) is 65.6 Å². The van der Waals surface area contributed by atoms with E-state index >= 15 is 0 Å². The number of hydrogen-bond acceptors (Lipinski definition) is 3. The largest absolute Gasteiger partial charge is 0.496 e. The summed E-state index contributed by atoms with van der Waals surface area (Å²) in [5.41, 5.74) is 2.14. The number of methoxy groups -OCH3 is 1. The number of rotatable bonds is 6. The van der Waals surface area contributed by atoms with Crippen LogP contribution in [0.1, 0.15) is 24.1 Å². The van der Waals surface area contributed by atoms with Crippen molar-refractivity contribution < 1.29 is 9.53 Å². The summed E-state index contributed by atoms with van der Waals surface area (Å²) in [6.07, 6.45) is 0. The van der Waals surface area contributed by atoms with Crippen molar-refractivity contribution >= 4 is 28.4 Å². The van der Waals surface area contributed by atoms with E-state index in [1.54, 1.807) is 18.9 Å². The summed E-state index contributed by atoms with van der Waals surface area (Å²) in [5.74, 6) is 1.20. The zero-order chi connectivity index (χ0) is 18.5. The summed E-state index contributed by atoms with van der Waals surface area (Å²) in [4.78, 5) is 13.5. The van der Waals surface area contributed by atoms with Gasteiger partial charge in [-0.3, -0.25) is 4.79 Å². The van der Waals surface area contributed by atoms with E-state index in [0.29, 0.717) is 5.75 Å². The maximum atomic E-state index is 12.4. The number of amides is 1. The molecule has 3 aromatic carbocycles. The Hall–Kier alpha value is -2.46. The lowest BCUT2D eigenvalue weighted by atomic mass is 10.0. The first-order chi connectivity index (χ1) is 12.6. The maximum Gasteiger partial charge on any atom is 0.230 e. The minimum absolute atomic E-state index is 0.0132. The lowest BCUT2D eigenvalue weighted by Crippen LogP contribution is -2.28. The smallest absolute Gasteiger partial charge is 0.230 e. The molecule has 3 rings (SSSR count). The second-order valence-electron chi connectivity index (χ2n) is 6.33. The predicted octanol–water partition coefficient (Wildman–Crippen LogP) is 5.13. The number of carbonyl (C=O) groups excluding carboxylic acids is 1. The van der Waals surface area contributed by atoms with E-state index in [9.17, 15) is 4.79 Å². The van der Waals surface area contributed by atoms with Gasteiger partial charge in [0.15, 0.2) is 0 Å². The Balaban J connectivity index is 1.62. The molecule has 0 aromatic heterocycles. The molecule has 0 aliphatic rings. The van der Waals surface area contributed by atoms with E-state index in [2.05, 4.69) is 41.7 Å². The third-order valence-corrected chi connectivity index (χ3v) is 5.31. The van der Waals surface area contributed by atoms with Crippen molar-refractivity contribution in [1.29, 1.82) is 0 Å². The highest BCUT2D eigenvalue weighted by Crippen LogP contribution is 2.27. The normalized spacial score (nSPS) is 12.0. The van der Waals surface area contributed by atoms with Crippen LogP contribution in [0.5, 0.6) is 5.75 Å². The first-order valence-electron chi connectivity index (χ1n) is 8.62. The van der Waals surface area contributed by atoms with Gasteiger partial charge in [0.2, 0.25) is 5.91 Å². The summed E-state index contributed by atoms with van der Waals surface area (Å²) in [5, 5.41) is 5.47. The van der Waals surface area contributed by atoms with E-state index in [-0.39, 0.29) is 11.9 Å². The van der Waals surface area contributed by atoms with E-state index < -0.39 is 0 Å². The molecule has 0 aliphatic carbocycles. The molecule has 1 N–H and O–H groups in total. The van der Waals surface area contributed by atoms with Gasteiger partial charge < -0.3 is 10.1 Å². The lowest BCUT2D eigenvalue weighted by molar-refractivity contribution is -0.119. The summed E-state index contributed by atoms with van der Waals surface area (Å²) >= 11 is 1.55. The number of aryl methyl sites for hydroxylation is 1. The molecular formula is C22H23NO2S. The van der Waals surface area contributed by atoms with E-state index in [1.807, 2.05) is 38.1 Å². The predicted molar refractivity (Wildman–Crippen MR) is 109 cm³/mol. The van der Waals surface area contributed by atoms with Gasteiger partial charge >= 0.3 is 0 Å². The number of nitrogens with one attached hydrogen (secondary N) is 1. The molecule has 26 heavy (non-hydrogen) atoms. The van der Waals surface area contributed by atoms with Gasteiger partial charge in [-0.15, -0.1) is 11.8 Å². The fourth-order valence-corrected chi connectivity index (χ4v) is 3.71. The monoisotopic (exact) mass is 365 g/mol. The van der Waals surface area contributed by atoms with Crippen LogP contribution < -0.4 is 10.1 Å². The van der Waals surface area contributed by atoms with Crippen molar-refractivity contribution in [3.05, 3.63) is 71.8 Å². The van der Waals surface area contributed by atoms with Gasteiger partial charge in [-0.25, -0.2) is 0 Å². The second-order valence-corrected chi connectivity index (χ2v) is 7.38. The molecule has 0 saturated heterocycles. The zero-order valence-electron chi connectivity index (χ0n) is 15.3. The highest BCUT2D eigenvalue weighted by Gasteiger charge is 2.14. The number of ether oxygens (including phenoxy) is 1. The Morgan fingerprint density at radius 3 is 2.62 bits per heavy atom. The molecule has 0 spiro atoms. The first-order valence-corrected chi connectivity index (χ1v) is 9.61. The maximum absolute atomic E-state index is 12.4. The molecule has 0 aliphatic heterocycles. The first kappa shape index (κ1) is 18.3. The average Bonchev–Trinajstić information content (AvgIpc) is 2.66. The highest BCUT2D eigenvalue weighted by atomic mass is 32.2. The fraction of sp³-hybridized carbons (Fsp3) is 0.227. The third kappa shape index (κ3) is 4.38. The summed E-state index contributed by atoms with van der Waals surface area (Å²) < 4.78 is 5.42. The number of benzene rings is 3. The molecule has 0 bridgehead atoms. The summed E-state index contributed by atoms with van der Waals surface area (Å²) in [7, 11) is 1.65. The second kappa shape index (κ2) is 8.28. The zero-order valence-corrected chi connectivity index (χ0v) is 16.1. The van der Waals surface area contributed by atoms with Gasteiger partial charge in [0, 0.05) is 10.5 Å². The van der Waals surface area contributed by atoms with Crippen LogP contribution in [-0.2, 0) is 4.79 Å². The van der Waals surface area contributed by atoms with E-state index in [0.717, 1.165) is 21.8 Å². The van der Waals surface area contributed by atoms with Crippen molar-refractivity contribution in [3.8, 4) is 5.75 Å². The van der Waals surface area contributed by atoms with Crippen LogP contribution in [0.3, 0.4) is 0 Å². The van der Waals surface area contributed by atoms with Crippen LogP contribution >= 0.6 is 11.8 Å². The number of thioether (sulfide) groups is 1. The molecule has 1 unspecified atom stereocenters. The topological polar surface area (TPSA) is 38.3 Å². The van der Waals surface area contributed by atoms with Crippen molar-refractivity contribution in [2.24, 2.45) is 0 Å². The van der Waals surface area contributed by atoms with Crippen LogP contribution in [0.2, 0.25) is 0 Å². The minimum atomic E-state index is -0.102. The SMILES string of the molecule is COc1ccc(C)cc1C(C)NC(=O)CSc1ccc2ccccc2c1. The highest BCUT2D eigenvalue weighted by molar-refractivity contribution is 8.00. The van der Waals surface area contributed by atoms with E-state index in [1.165, 1.54) is 10.8 Å². The Morgan fingerprint density at radius 2 is 1.85 bits per heavy atom. The molecular weight excluding hydrogens is 342 g/mol. The Labute approximate surface area is 158 Å². The summed E-state index contributed by atoms with van der Waals surface area (Å²) in [6.45, 7) is 4.02. The van der Waals surface area contributed by atoms with Crippen LogP contribution in [0, 0.1) is 6.92 Å². The quantitative estimate of drug-likeness (QED) is 0.616. The lowest BCUT2D eigenvalue weighted by Gasteiger charge is -2.18. The Kier molecular flexibility index (Phi) is 5.84. The van der Waals surface area contributed by atoms with Gasteiger partial charge in [-0.2, -0.15) is 0 Å². The molecule has 1 amide bonds. The van der Waals surface area contributed by atoms with Crippen LogP contribution in [0.25, 0.3) is 10.8 Å². The molecule has 4 heteroatoms. The molecule has 0 fully saturated rings. The summed E-state index contributed by atoms with van der Waals surface area (Å²) in [6, 6.07) is 20.4. The van der Waals surface area contributed by atoms with Gasteiger partial charge in [0.25, 0.3) is 0 Å². The minimum Gasteiger partial charge on any atom is -0.496 e. The van der Waals surface area contributed by atoms with Gasteiger partial charge in [-0.1, -0.05) is 48.0 Å². The van der Waals surface area contributed by atoms with Gasteiger partial charge in [-0.05, 0) is 42.8 Å². The molecule has 1 atom stereocenters. The number of fused-ring (bicyclic) bond motifs is 1. The van der Waals surface area contributed by atoms with E-state index in [4.69, 9.17) is 4.74 Å². The molecule has 3 nitrogen and oxygen atoms in total. The molecule has 0 radical (unpaired) electrons. The van der Waals surface area contributed by atoms with Crippen molar-refractivity contribution in [2.75, 3.05) is 12.9 Å². The fourth-order valence-electron chi connectivity index (χ4n) is 2.96. The third-order valence-electron chi connectivity index (χ3n) is 4.32.